The first-order chi connectivity index (χ1) is 10.6. The van der Waals surface area contributed by atoms with E-state index in [0.29, 0.717) is 16.7 Å². The SMILES string of the molecule is Nc1cnc2[nH]ncc2c1.O=[N+]([O-])c1cnc2[nH]ncc2c1. The highest BCUT2D eigenvalue weighted by Gasteiger charge is 2.07. The van der Waals surface area contributed by atoms with Crippen LogP contribution in [0.3, 0.4) is 0 Å². The van der Waals surface area contributed by atoms with Crippen LogP contribution in [0, 0.1) is 10.1 Å². The van der Waals surface area contributed by atoms with Crippen molar-refractivity contribution in [2.45, 2.75) is 0 Å². The largest absolute Gasteiger partial charge is 0.397 e. The van der Waals surface area contributed by atoms with Crippen LogP contribution in [0.2, 0.25) is 0 Å². The molecule has 10 nitrogen and oxygen atoms in total. The van der Waals surface area contributed by atoms with Crippen LogP contribution in [0.25, 0.3) is 22.1 Å². The Labute approximate surface area is 122 Å². The van der Waals surface area contributed by atoms with Gasteiger partial charge in [-0.2, -0.15) is 10.2 Å². The molecular formula is C12H10N8O2. The molecule has 0 spiro atoms. The number of hydrogen-bond donors (Lipinski definition) is 3. The third-order valence-corrected chi connectivity index (χ3v) is 2.80. The minimum absolute atomic E-state index is 0.0242. The maximum Gasteiger partial charge on any atom is 0.288 e. The maximum atomic E-state index is 10.3. The summed E-state index contributed by atoms with van der Waals surface area (Å²) < 4.78 is 0. The Kier molecular flexibility index (Phi) is 3.32. The second-order valence-electron chi connectivity index (χ2n) is 4.33. The highest BCUT2D eigenvalue weighted by atomic mass is 16.6. The third-order valence-electron chi connectivity index (χ3n) is 2.80. The minimum atomic E-state index is -0.487. The molecule has 0 bridgehead atoms. The van der Waals surface area contributed by atoms with E-state index in [1.807, 2.05) is 6.07 Å². The third kappa shape index (κ3) is 2.65. The van der Waals surface area contributed by atoms with Crippen molar-refractivity contribution in [1.29, 1.82) is 0 Å². The van der Waals surface area contributed by atoms with Crippen LogP contribution in [0.4, 0.5) is 11.4 Å². The second kappa shape index (κ2) is 5.44. The molecule has 22 heavy (non-hydrogen) atoms. The van der Waals surface area contributed by atoms with Gasteiger partial charge < -0.3 is 5.73 Å². The van der Waals surface area contributed by atoms with Gasteiger partial charge in [-0.15, -0.1) is 0 Å². The number of pyridine rings is 2. The molecule has 0 atom stereocenters. The number of anilines is 1. The number of nitrogens with two attached hydrogens (primary N) is 1. The van der Waals surface area contributed by atoms with Crippen molar-refractivity contribution in [2.75, 3.05) is 5.73 Å². The van der Waals surface area contributed by atoms with E-state index < -0.39 is 4.92 Å². The summed E-state index contributed by atoms with van der Waals surface area (Å²) in [4.78, 5) is 17.6. The molecule has 4 heterocycles. The predicted octanol–water partition coefficient (Wildman–Crippen LogP) is 1.41. The highest BCUT2D eigenvalue weighted by Crippen LogP contribution is 2.15. The van der Waals surface area contributed by atoms with Crippen LogP contribution >= 0.6 is 0 Å². The van der Waals surface area contributed by atoms with Crippen LogP contribution in [0.15, 0.2) is 36.9 Å². The summed E-state index contributed by atoms with van der Waals surface area (Å²) in [5.41, 5.74) is 7.44. The molecule has 4 N–H and O–H groups in total. The molecule has 110 valence electrons. The van der Waals surface area contributed by atoms with Crippen molar-refractivity contribution in [1.82, 2.24) is 30.4 Å². The molecule has 4 aromatic heterocycles. The number of nitrogens with one attached hydrogen (secondary N) is 2. The number of aromatic nitrogens is 6. The Balaban J connectivity index is 0.000000133. The zero-order valence-electron chi connectivity index (χ0n) is 11.1. The van der Waals surface area contributed by atoms with E-state index in [0.717, 1.165) is 11.0 Å². The lowest BCUT2D eigenvalue weighted by Crippen LogP contribution is -1.88. The average molecular weight is 298 g/mol. The molecule has 4 aromatic rings. The van der Waals surface area contributed by atoms with Crippen LogP contribution in [-0.4, -0.2) is 35.3 Å². The Morgan fingerprint density at radius 2 is 1.55 bits per heavy atom. The molecule has 0 aromatic carbocycles. The zero-order valence-corrected chi connectivity index (χ0v) is 11.1. The van der Waals surface area contributed by atoms with Gasteiger partial charge in [-0.05, 0) is 6.07 Å². The monoisotopic (exact) mass is 298 g/mol. The Hall–Kier alpha value is -3.56. The van der Waals surface area contributed by atoms with Gasteiger partial charge in [0.25, 0.3) is 5.69 Å². The van der Waals surface area contributed by atoms with Crippen molar-refractivity contribution in [2.24, 2.45) is 0 Å². The summed E-state index contributed by atoms with van der Waals surface area (Å²) in [7, 11) is 0. The first-order valence-electron chi connectivity index (χ1n) is 6.11. The van der Waals surface area contributed by atoms with E-state index in [9.17, 15) is 10.1 Å². The number of fused-ring (bicyclic) bond motifs is 2. The van der Waals surface area contributed by atoms with Crippen LogP contribution < -0.4 is 5.73 Å². The smallest absolute Gasteiger partial charge is 0.288 e. The lowest BCUT2D eigenvalue weighted by Gasteiger charge is -1.88. The van der Waals surface area contributed by atoms with Crippen molar-refractivity contribution in [3.63, 3.8) is 0 Å². The molecular weight excluding hydrogens is 288 g/mol. The zero-order chi connectivity index (χ0) is 15.5. The normalized spacial score (nSPS) is 10.4. The Morgan fingerprint density at radius 3 is 2.18 bits per heavy atom. The molecule has 0 saturated carbocycles. The number of H-pyrrole nitrogens is 2. The molecule has 0 radical (unpaired) electrons. The Morgan fingerprint density at radius 1 is 0.955 bits per heavy atom. The number of nitrogen functional groups attached to an aromatic ring is 1. The summed E-state index contributed by atoms with van der Waals surface area (Å²) >= 11 is 0. The van der Waals surface area contributed by atoms with Gasteiger partial charge in [0, 0.05) is 16.8 Å². The van der Waals surface area contributed by atoms with Gasteiger partial charge in [-0.1, -0.05) is 0 Å². The predicted molar refractivity (Wildman–Crippen MR) is 78.8 cm³/mol. The van der Waals surface area contributed by atoms with Crippen LogP contribution in [0.5, 0.6) is 0 Å². The highest BCUT2D eigenvalue weighted by molar-refractivity contribution is 5.77. The molecule has 4 rings (SSSR count). The first kappa shape index (κ1) is 13.4. The lowest BCUT2D eigenvalue weighted by molar-refractivity contribution is -0.385. The minimum Gasteiger partial charge on any atom is -0.397 e. The number of nitrogens with zero attached hydrogens (tertiary/aromatic N) is 5. The van der Waals surface area contributed by atoms with Gasteiger partial charge in [0.05, 0.1) is 29.2 Å². The average Bonchev–Trinajstić information content (AvgIpc) is 3.14. The van der Waals surface area contributed by atoms with E-state index in [2.05, 4.69) is 30.4 Å². The van der Waals surface area contributed by atoms with Gasteiger partial charge in [0.1, 0.15) is 6.20 Å². The fraction of sp³-hybridized carbons (Fsp3) is 0. The topological polar surface area (TPSA) is 152 Å². The molecule has 10 heteroatoms. The summed E-state index contributed by atoms with van der Waals surface area (Å²) in [6.07, 6.45) is 5.98. The van der Waals surface area contributed by atoms with Crippen LogP contribution in [-0.2, 0) is 0 Å². The van der Waals surface area contributed by atoms with Crippen molar-refractivity contribution < 1.29 is 4.92 Å². The summed E-state index contributed by atoms with van der Waals surface area (Å²) in [5.74, 6) is 0. The van der Waals surface area contributed by atoms with Gasteiger partial charge in [0.15, 0.2) is 11.3 Å². The van der Waals surface area contributed by atoms with Crippen molar-refractivity contribution in [3.05, 3.63) is 47.0 Å². The van der Waals surface area contributed by atoms with Gasteiger partial charge in [0.2, 0.25) is 0 Å². The lowest BCUT2D eigenvalue weighted by atomic mass is 10.3. The summed E-state index contributed by atoms with van der Waals surface area (Å²) in [6.45, 7) is 0. The molecule has 0 fully saturated rings. The quantitative estimate of drug-likeness (QED) is 0.354. The number of rotatable bonds is 1. The van der Waals surface area contributed by atoms with Crippen molar-refractivity contribution in [3.8, 4) is 0 Å². The van der Waals surface area contributed by atoms with E-state index in [4.69, 9.17) is 5.73 Å². The number of nitro groups is 1. The number of aromatic amines is 2. The summed E-state index contributed by atoms with van der Waals surface area (Å²) in [5, 5.41) is 24.7. The van der Waals surface area contributed by atoms with E-state index in [1.165, 1.54) is 18.5 Å². The van der Waals surface area contributed by atoms with Gasteiger partial charge in [-0.3, -0.25) is 20.3 Å². The summed E-state index contributed by atoms with van der Waals surface area (Å²) in [6, 6.07) is 3.25. The molecule has 0 aliphatic heterocycles. The molecule has 0 aliphatic carbocycles. The van der Waals surface area contributed by atoms with E-state index in [1.54, 1.807) is 12.4 Å². The molecule has 0 aliphatic rings. The van der Waals surface area contributed by atoms with Crippen LogP contribution in [0.1, 0.15) is 0 Å². The second-order valence-corrected chi connectivity index (χ2v) is 4.33. The van der Waals surface area contributed by atoms with Gasteiger partial charge >= 0.3 is 0 Å². The van der Waals surface area contributed by atoms with E-state index in [-0.39, 0.29) is 5.69 Å². The maximum absolute atomic E-state index is 10.3. The van der Waals surface area contributed by atoms with Crippen molar-refractivity contribution >= 4 is 33.4 Å². The van der Waals surface area contributed by atoms with Gasteiger partial charge in [-0.25, -0.2) is 9.97 Å². The Bertz CT molecular complexity index is 944. The fourth-order valence-corrected chi connectivity index (χ4v) is 1.78. The standard InChI is InChI=1S/C6H4N4O2.C6H6N4/c11-10(12)5-1-4-2-8-9-6(4)7-3-5;7-5-1-4-2-9-10-6(4)8-3-5/h1-3H,(H,7,8,9);1-3H,7H2,(H,8,9,10). The van der Waals surface area contributed by atoms with E-state index >= 15 is 0 Å². The molecule has 0 amide bonds. The number of hydrogen-bond acceptors (Lipinski definition) is 7. The fourth-order valence-electron chi connectivity index (χ4n) is 1.78. The molecule has 0 unspecified atom stereocenters. The molecule has 0 saturated heterocycles. The first-order valence-corrected chi connectivity index (χ1v) is 6.11.